The van der Waals surface area contributed by atoms with Crippen LogP contribution in [0.4, 0.5) is 10.5 Å². The zero-order chi connectivity index (χ0) is 14.5. The Morgan fingerprint density at radius 3 is 2.65 bits per heavy atom. The summed E-state index contributed by atoms with van der Waals surface area (Å²) in [5.41, 5.74) is 1.83. The maximum Gasteiger partial charge on any atom is 0.321 e. The van der Waals surface area contributed by atoms with Crippen LogP contribution >= 0.6 is 0 Å². The molecular weight excluding hydrogens is 254 g/mol. The number of rotatable bonds is 3. The van der Waals surface area contributed by atoms with Crippen LogP contribution in [0, 0.1) is 6.92 Å². The molecule has 2 amide bonds. The molecule has 0 atom stereocenters. The molecular formula is C15H23N3O2. The first kappa shape index (κ1) is 14.7. The molecule has 1 aromatic carbocycles. The highest BCUT2D eigenvalue weighted by atomic mass is 16.5. The van der Waals surface area contributed by atoms with E-state index in [2.05, 4.69) is 10.6 Å². The molecule has 1 fully saturated rings. The summed E-state index contributed by atoms with van der Waals surface area (Å²) in [6.07, 6.45) is 0.148. The maximum atomic E-state index is 12.1. The molecule has 2 rings (SSSR count). The van der Waals surface area contributed by atoms with Crippen LogP contribution in [-0.4, -0.2) is 43.2 Å². The summed E-state index contributed by atoms with van der Waals surface area (Å²) in [7, 11) is 0. The molecule has 0 radical (unpaired) electrons. The van der Waals surface area contributed by atoms with Crippen molar-refractivity contribution in [1.29, 1.82) is 0 Å². The van der Waals surface area contributed by atoms with Gasteiger partial charge in [0.1, 0.15) is 5.75 Å². The molecule has 0 saturated carbocycles. The van der Waals surface area contributed by atoms with Gasteiger partial charge < -0.3 is 20.3 Å². The summed E-state index contributed by atoms with van der Waals surface area (Å²) in [4.78, 5) is 13.9. The lowest BCUT2D eigenvalue weighted by atomic mass is 10.2. The van der Waals surface area contributed by atoms with Crippen LogP contribution in [0.5, 0.6) is 5.75 Å². The number of nitrogens with one attached hydrogen (secondary N) is 2. The van der Waals surface area contributed by atoms with Gasteiger partial charge in [-0.05, 0) is 44.5 Å². The number of carbonyl (C=O) groups excluding carboxylic acids is 1. The Morgan fingerprint density at radius 1 is 1.35 bits per heavy atom. The molecule has 0 unspecified atom stereocenters. The molecule has 0 bridgehead atoms. The Balaban J connectivity index is 1.99. The van der Waals surface area contributed by atoms with E-state index in [4.69, 9.17) is 4.74 Å². The van der Waals surface area contributed by atoms with Gasteiger partial charge in [-0.15, -0.1) is 0 Å². The standard InChI is InChI=1S/C15H23N3O2/c1-11(2)20-14-5-4-13(10-12(14)3)17-15(19)18-8-6-16-7-9-18/h4-5,10-11,16H,6-9H2,1-3H3,(H,17,19). The van der Waals surface area contributed by atoms with E-state index in [1.807, 2.05) is 43.9 Å². The average Bonchev–Trinajstić information content (AvgIpc) is 2.42. The molecule has 5 heteroatoms. The number of aryl methyl sites for hydroxylation is 1. The molecule has 5 nitrogen and oxygen atoms in total. The van der Waals surface area contributed by atoms with Crippen molar-refractivity contribution >= 4 is 11.7 Å². The molecule has 1 aromatic rings. The Bertz CT molecular complexity index is 468. The van der Waals surface area contributed by atoms with Crippen LogP contribution < -0.4 is 15.4 Å². The Labute approximate surface area is 120 Å². The quantitative estimate of drug-likeness (QED) is 0.890. The highest BCUT2D eigenvalue weighted by molar-refractivity contribution is 5.89. The third kappa shape index (κ3) is 3.87. The second kappa shape index (κ2) is 6.61. The molecule has 0 aliphatic carbocycles. The minimum absolute atomic E-state index is 0.0385. The van der Waals surface area contributed by atoms with Crippen LogP contribution in [0.15, 0.2) is 18.2 Å². The van der Waals surface area contributed by atoms with Gasteiger partial charge >= 0.3 is 6.03 Å². The topological polar surface area (TPSA) is 53.6 Å². The van der Waals surface area contributed by atoms with Crippen molar-refractivity contribution in [2.75, 3.05) is 31.5 Å². The van der Waals surface area contributed by atoms with Crippen LogP contribution in [0.1, 0.15) is 19.4 Å². The Morgan fingerprint density at radius 2 is 2.05 bits per heavy atom. The lowest BCUT2D eigenvalue weighted by Gasteiger charge is -2.27. The number of urea groups is 1. The number of benzene rings is 1. The van der Waals surface area contributed by atoms with Crippen molar-refractivity contribution in [2.45, 2.75) is 26.9 Å². The van der Waals surface area contributed by atoms with Crippen LogP contribution in [0.25, 0.3) is 0 Å². The summed E-state index contributed by atoms with van der Waals surface area (Å²) >= 11 is 0. The fourth-order valence-corrected chi connectivity index (χ4v) is 2.18. The molecule has 0 spiro atoms. The normalized spacial score (nSPS) is 15.3. The van der Waals surface area contributed by atoms with Gasteiger partial charge in [0.05, 0.1) is 6.10 Å². The highest BCUT2D eigenvalue weighted by Crippen LogP contribution is 2.23. The average molecular weight is 277 g/mol. The minimum atomic E-state index is -0.0385. The van der Waals surface area contributed by atoms with Crippen LogP contribution in [0.2, 0.25) is 0 Å². The lowest BCUT2D eigenvalue weighted by molar-refractivity contribution is 0.204. The minimum Gasteiger partial charge on any atom is -0.491 e. The fraction of sp³-hybridized carbons (Fsp3) is 0.533. The predicted molar refractivity (Wildman–Crippen MR) is 80.4 cm³/mol. The van der Waals surface area contributed by atoms with Gasteiger partial charge in [-0.25, -0.2) is 4.79 Å². The number of nitrogens with zero attached hydrogens (tertiary/aromatic N) is 1. The summed E-state index contributed by atoms with van der Waals surface area (Å²) in [5.74, 6) is 0.861. The summed E-state index contributed by atoms with van der Waals surface area (Å²) in [6.45, 7) is 9.19. The van der Waals surface area contributed by atoms with E-state index in [-0.39, 0.29) is 12.1 Å². The van der Waals surface area contributed by atoms with Crippen molar-refractivity contribution in [3.63, 3.8) is 0 Å². The van der Waals surface area contributed by atoms with E-state index >= 15 is 0 Å². The zero-order valence-corrected chi connectivity index (χ0v) is 12.4. The highest BCUT2D eigenvalue weighted by Gasteiger charge is 2.16. The monoisotopic (exact) mass is 277 g/mol. The lowest BCUT2D eigenvalue weighted by Crippen LogP contribution is -2.48. The van der Waals surface area contributed by atoms with E-state index in [1.165, 1.54) is 0 Å². The van der Waals surface area contributed by atoms with Crippen molar-refractivity contribution in [2.24, 2.45) is 0 Å². The van der Waals surface area contributed by atoms with Crippen molar-refractivity contribution < 1.29 is 9.53 Å². The van der Waals surface area contributed by atoms with E-state index in [0.717, 1.165) is 43.2 Å². The van der Waals surface area contributed by atoms with Gasteiger partial charge in [-0.2, -0.15) is 0 Å². The predicted octanol–water partition coefficient (Wildman–Crippen LogP) is 2.22. The van der Waals surface area contributed by atoms with Gasteiger partial charge in [-0.1, -0.05) is 0 Å². The van der Waals surface area contributed by atoms with Gasteiger partial charge in [0, 0.05) is 31.9 Å². The number of piperazine rings is 1. The number of ether oxygens (including phenoxy) is 1. The Hall–Kier alpha value is -1.75. The molecule has 1 heterocycles. The number of anilines is 1. The van der Waals surface area contributed by atoms with Gasteiger partial charge in [0.25, 0.3) is 0 Å². The summed E-state index contributed by atoms with van der Waals surface area (Å²) in [6, 6.07) is 5.69. The molecule has 1 saturated heterocycles. The van der Waals surface area contributed by atoms with Gasteiger partial charge in [-0.3, -0.25) is 0 Å². The van der Waals surface area contributed by atoms with E-state index < -0.39 is 0 Å². The van der Waals surface area contributed by atoms with E-state index in [1.54, 1.807) is 0 Å². The SMILES string of the molecule is Cc1cc(NC(=O)N2CCNCC2)ccc1OC(C)C. The number of amides is 2. The van der Waals surface area contributed by atoms with Crippen LogP contribution in [0.3, 0.4) is 0 Å². The van der Waals surface area contributed by atoms with Crippen molar-refractivity contribution in [1.82, 2.24) is 10.2 Å². The first-order valence-corrected chi connectivity index (χ1v) is 7.10. The first-order chi connectivity index (χ1) is 9.56. The second-order valence-electron chi connectivity index (χ2n) is 5.31. The van der Waals surface area contributed by atoms with Crippen molar-refractivity contribution in [3.8, 4) is 5.75 Å². The van der Waals surface area contributed by atoms with E-state index in [0.29, 0.717) is 0 Å². The summed E-state index contributed by atoms with van der Waals surface area (Å²) in [5, 5.41) is 6.17. The number of hydrogen-bond acceptors (Lipinski definition) is 3. The van der Waals surface area contributed by atoms with Gasteiger partial charge in [0.2, 0.25) is 0 Å². The Kier molecular flexibility index (Phi) is 4.84. The third-order valence-corrected chi connectivity index (χ3v) is 3.19. The number of hydrogen-bond donors (Lipinski definition) is 2. The molecule has 2 N–H and O–H groups in total. The van der Waals surface area contributed by atoms with E-state index in [9.17, 15) is 4.79 Å². The first-order valence-electron chi connectivity index (χ1n) is 7.10. The fourth-order valence-electron chi connectivity index (χ4n) is 2.18. The molecule has 20 heavy (non-hydrogen) atoms. The second-order valence-corrected chi connectivity index (χ2v) is 5.31. The van der Waals surface area contributed by atoms with Crippen LogP contribution in [-0.2, 0) is 0 Å². The molecule has 1 aliphatic rings. The number of carbonyl (C=O) groups is 1. The smallest absolute Gasteiger partial charge is 0.321 e. The van der Waals surface area contributed by atoms with Gasteiger partial charge in [0.15, 0.2) is 0 Å². The molecule has 1 aliphatic heterocycles. The third-order valence-electron chi connectivity index (χ3n) is 3.19. The molecule has 110 valence electrons. The maximum absolute atomic E-state index is 12.1. The van der Waals surface area contributed by atoms with Crippen molar-refractivity contribution in [3.05, 3.63) is 23.8 Å². The zero-order valence-electron chi connectivity index (χ0n) is 12.4. The summed E-state index contributed by atoms with van der Waals surface area (Å²) < 4.78 is 5.69. The largest absolute Gasteiger partial charge is 0.491 e. The molecule has 0 aromatic heterocycles.